The molecule has 1 amide bonds. The number of hydrogen-bond acceptors (Lipinski definition) is 2. The third kappa shape index (κ3) is 5.48. The fourth-order valence-electron chi connectivity index (χ4n) is 3.97. The molecule has 142 valence electrons. The zero-order valence-electron chi connectivity index (χ0n) is 15.8. The predicted octanol–water partition coefficient (Wildman–Crippen LogP) is 2.98. The Morgan fingerprint density at radius 2 is 1.88 bits per heavy atom. The van der Waals surface area contributed by atoms with E-state index in [1.807, 2.05) is 11.0 Å². The van der Waals surface area contributed by atoms with E-state index in [1.165, 1.54) is 49.7 Å². The molecule has 0 spiro atoms. The summed E-state index contributed by atoms with van der Waals surface area (Å²) in [6.07, 6.45) is 9.84. The van der Waals surface area contributed by atoms with Gasteiger partial charge in [-0.2, -0.15) is 0 Å². The molecule has 0 bridgehead atoms. The van der Waals surface area contributed by atoms with Crippen molar-refractivity contribution >= 4 is 11.9 Å². The number of fused-ring (bicyclic) bond motifs is 1. The summed E-state index contributed by atoms with van der Waals surface area (Å²) >= 11 is 0. The van der Waals surface area contributed by atoms with Gasteiger partial charge in [-0.25, -0.2) is 0 Å². The molecule has 0 radical (unpaired) electrons. The van der Waals surface area contributed by atoms with Gasteiger partial charge in [-0.15, -0.1) is 0 Å². The van der Waals surface area contributed by atoms with Crippen LogP contribution in [0.25, 0.3) is 0 Å². The molecule has 3 rings (SSSR count). The number of carbonyl (C=O) groups excluding carboxylic acids is 1. The van der Waals surface area contributed by atoms with Gasteiger partial charge in [0.25, 0.3) is 0 Å². The maximum Gasteiger partial charge on any atom is 0.222 e. The largest absolute Gasteiger partial charge is 0.370 e. The summed E-state index contributed by atoms with van der Waals surface area (Å²) in [7, 11) is 0. The van der Waals surface area contributed by atoms with Crippen LogP contribution in [0.1, 0.15) is 62.5 Å². The van der Waals surface area contributed by atoms with Crippen molar-refractivity contribution in [2.75, 3.05) is 13.1 Å². The van der Waals surface area contributed by atoms with Crippen LogP contribution in [0, 0.1) is 0 Å². The van der Waals surface area contributed by atoms with E-state index in [9.17, 15) is 4.79 Å². The second-order valence-corrected chi connectivity index (χ2v) is 7.54. The van der Waals surface area contributed by atoms with E-state index in [-0.39, 0.29) is 5.91 Å². The third-order valence-electron chi connectivity index (χ3n) is 5.52. The summed E-state index contributed by atoms with van der Waals surface area (Å²) < 4.78 is 0. The van der Waals surface area contributed by atoms with E-state index in [2.05, 4.69) is 28.5 Å². The van der Waals surface area contributed by atoms with Gasteiger partial charge in [0.1, 0.15) is 0 Å². The maximum atomic E-state index is 12.4. The number of guanidine groups is 1. The van der Waals surface area contributed by atoms with Crippen LogP contribution in [-0.4, -0.2) is 35.9 Å². The minimum atomic E-state index is 0.227. The van der Waals surface area contributed by atoms with Crippen molar-refractivity contribution in [1.82, 2.24) is 10.2 Å². The van der Waals surface area contributed by atoms with Crippen LogP contribution in [0.2, 0.25) is 0 Å². The van der Waals surface area contributed by atoms with Gasteiger partial charge < -0.3 is 16.0 Å². The molecule has 5 nitrogen and oxygen atoms in total. The average molecular weight is 357 g/mol. The van der Waals surface area contributed by atoms with Crippen molar-refractivity contribution in [2.24, 2.45) is 10.7 Å². The van der Waals surface area contributed by atoms with Crippen molar-refractivity contribution in [1.29, 1.82) is 0 Å². The fraction of sp³-hybridized carbons (Fsp3) is 0.619. The molecule has 0 aromatic heterocycles. The summed E-state index contributed by atoms with van der Waals surface area (Å²) in [5, 5.41) is 3.35. The van der Waals surface area contributed by atoms with E-state index < -0.39 is 0 Å². The Balaban J connectivity index is 1.37. The molecule has 1 heterocycles. The van der Waals surface area contributed by atoms with Gasteiger partial charge in [0.2, 0.25) is 5.91 Å². The zero-order chi connectivity index (χ0) is 18.2. The number of rotatable bonds is 5. The first-order chi connectivity index (χ1) is 12.7. The zero-order valence-corrected chi connectivity index (χ0v) is 15.8. The highest BCUT2D eigenvalue weighted by Gasteiger charge is 2.19. The van der Waals surface area contributed by atoms with Gasteiger partial charge in [-0.1, -0.05) is 49.9 Å². The molecule has 26 heavy (non-hydrogen) atoms. The SMILES string of the molecule is NC(=NCCCC(=O)N1CCc2ccccc2C1)NC1CCCCCC1. The van der Waals surface area contributed by atoms with Crippen molar-refractivity contribution in [3.63, 3.8) is 0 Å². The number of amides is 1. The van der Waals surface area contributed by atoms with Crippen molar-refractivity contribution in [3.05, 3.63) is 35.4 Å². The van der Waals surface area contributed by atoms with E-state index in [4.69, 9.17) is 5.73 Å². The van der Waals surface area contributed by atoms with Crippen LogP contribution in [0.4, 0.5) is 0 Å². The smallest absolute Gasteiger partial charge is 0.222 e. The highest BCUT2D eigenvalue weighted by Crippen LogP contribution is 2.19. The Bertz CT molecular complexity index is 620. The molecule has 1 saturated carbocycles. The first-order valence-electron chi connectivity index (χ1n) is 10.1. The molecule has 1 aromatic rings. The van der Waals surface area contributed by atoms with E-state index in [0.29, 0.717) is 25.0 Å². The molecule has 1 fully saturated rings. The van der Waals surface area contributed by atoms with Crippen molar-refractivity contribution in [2.45, 2.75) is 70.4 Å². The van der Waals surface area contributed by atoms with Gasteiger partial charge in [-0.3, -0.25) is 9.79 Å². The number of carbonyl (C=O) groups is 1. The molecule has 1 aromatic carbocycles. The lowest BCUT2D eigenvalue weighted by Gasteiger charge is -2.28. The second-order valence-electron chi connectivity index (χ2n) is 7.54. The molecule has 1 aliphatic carbocycles. The minimum Gasteiger partial charge on any atom is -0.370 e. The van der Waals surface area contributed by atoms with Gasteiger partial charge in [0, 0.05) is 32.1 Å². The van der Waals surface area contributed by atoms with Crippen LogP contribution in [0.5, 0.6) is 0 Å². The molecule has 0 saturated heterocycles. The van der Waals surface area contributed by atoms with Crippen LogP contribution >= 0.6 is 0 Å². The highest BCUT2D eigenvalue weighted by atomic mass is 16.2. The van der Waals surface area contributed by atoms with Gasteiger partial charge in [0.05, 0.1) is 0 Å². The molecular weight excluding hydrogens is 324 g/mol. The molecule has 2 aliphatic rings. The third-order valence-corrected chi connectivity index (χ3v) is 5.52. The summed E-state index contributed by atoms with van der Waals surface area (Å²) in [6, 6.07) is 8.87. The van der Waals surface area contributed by atoms with Crippen molar-refractivity contribution < 1.29 is 4.79 Å². The Morgan fingerprint density at radius 1 is 1.15 bits per heavy atom. The summed E-state index contributed by atoms with van der Waals surface area (Å²) in [5.41, 5.74) is 8.67. The lowest BCUT2D eigenvalue weighted by Crippen LogP contribution is -2.40. The van der Waals surface area contributed by atoms with Gasteiger partial charge >= 0.3 is 0 Å². The molecule has 0 unspecified atom stereocenters. The number of nitrogens with two attached hydrogens (primary N) is 1. The number of nitrogens with zero attached hydrogens (tertiary/aromatic N) is 2. The Labute approximate surface area is 157 Å². The Kier molecular flexibility index (Phi) is 6.92. The molecule has 1 aliphatic heterocycles. The molecule has 3 N–H and O–H groups in total. The fourth-order valence-corrected chi connectivity index (χ4v) is 3.97. The average Bonchev–Trinajstić information content (AvgIpc) is 2.93. The van der Waals surface area contributed by atoms with E-state index in [0.717, 1.165) is 25.9 Å². The molecular formula is C21H32N4O. The van der Waals surface area contributed by atoms with Gasteiger partial charge in [0.15, 0.2) is 5.96 Å². The highest BCUT2D eigenvalue weighted by molar-refractivity contribution is 5.78. The van der Waals surface area contributed by atoms with Crippen LogP contribution in [0.3, 0.4) is 0 Å². The van der Waals surface area contributed by atoms with E-state index >= 15 is 0 Å². The lowest BCUT2D eigenvalue weighted by atomic mass is 9.99. The maximum absolute atomic E-state index is 12.4. The van der Waals surface area contributed by atoms with Crippen LogP contribution in [0.15, 0.2) is 29.3 Å². The van der Waals surface area contributed by atoms with Crippen LogP contribution < -0.4 is 11.1 Å². The first-order valence-corrected chi connectivity index (χ1v) is 10.1. The summed E-state index contributed by atoms with van der Waals surface area (Å²) in [6.45, 7) is 2.18. The Hall–Kier alpha value is -2.04. The monoisotopic (exact) mass is 356 g/mol. The van der Waals surface area contributed by atoms with Gasteiger partial charge in [-0.05, 0) is 36.8 Å². The molecule has 5 heteroatoms. The lowest BCUT2D eigenvalue weighted by molar-refractivity contribution is -0.132. The topological polar surface area (TPSA) is 70.7 Å². The van der Waals surface area contributed by atoms with Crippen molar-refractivity contribution in [3.8, 4) is 0 Å². The predicted molar refractivity (Wildman–Crippen MR) is 106 cm³/mol. The number of nitrogens with one attached hydrogen (secondary N) is 1. The van der Waals surface area contributed by atoms with Crippen LogP contribution in [-0.2, 0) is 17.8 Å². The number of benzene rings is 1. The normalized spacial score (nSPS) is 18.9. The second kappa shape index (κ2) is 9.60. The Morgan fingerprint density at radius 3 is 2.65 bits per heavy atom. The quantitative estimate of drug-likeness (QED) is 0.369. The molecule has 0 atom stereocenters. The number of hydrogen-bond donors (Lipinski definition) is 2. The minimum absolute atomic E-state index is 0.227. The summed E-state index contributed by atoms with van der Waals surface area (Å²) in [5.74, 6) is 0.765. The standard InChI is InChI=1S/C21H32N4O/c22-21(24-19-10-3-1-2-4-11-19)23-14-7-12-20(26)25-15-13-17-8-5-6-9-18(17)16-25/h5-6,8-9,19H,1-4,7,10-16H2,(H3,22,23,24). The van der Waals surface area contributed by atoms with E-state index in [1.54, 1.807) is 0 Å². The summed E-state index contributed by atoms with van der Waals surface area (Å²) in [4.78, 5) is 18.8. The number of aliphatic imine (C=N–C) groups is 1. The first kappa shape index (κ1) is 18.7.